The van der Waals surface area contributed by atoms with Crippen LogP contribution in [-0.2, 0) is 8.85 Å². The van der Waals surface area contributed by atoms with Crippen LogP contribution in [0.15, 0.2) is 12.2 Å². The molecule has 0 aromatic heterocycles. The largest absolute Gasteiger partial charge is 0.411 e. The van der Waals surface area contributed by atoms with E-state index < -0.39 is 22.7 Å². The van der Waals surface area contributed by atoms with Crippen LogP contribution in [0, 0.1) is 0 Å². The third-order valence-electron chi connectivity index (χ3n) is 5.85. The summed E-state index contributed by atoms with van der Waals surface area (Å²) in [4.78, 5) is 0. The van der Waals surface area contributed by atoms with E-state index in [0.29, 0.717) is 6.42 Å². The molecular formula is C18H38O3Si2. The molecular weight excluding hydrogens is 320 g/mol. The Morgan fingerprint density at radius 2 is 1.26 bits per heavy atom. The monoisotopic (exact) mass is 358 g/mol. The summed E-state index contributed by atoms with van der Waals surface area (Å²) in [5.41, 5.74) is 0. The maximum atomic E-state index is 10.1. The quantitative estimate of drug-likeness (QED) is 0.562. The molecule has 0 bridgehead atoms. The average Bonchev–Trinajstić information content (AvgIpc) is 2.29. The summed E-state index contributed by atoms with van der Waals surface area (Å²) in [6.45, 7) is 22.6. The minimum absolute atomic E-state index is 0.0478. The first kappa shape index (κ1) is 21.1. The van der Waals surface area contributed by atoms with Gasteiger partial charge >= 0.3 is 0 Å². The van der Waals surface area contributed by atoms with E-state index in [9.17, 15) is 5.11 Å². The van der Waals surface area contributed by atoms with E-state index in [2.05, 4.69) is 67.7 Å². The summed E-state index contributed by atoms with van der Waals surface area (Å²) in [6.07, 6.45) is 3.99. The second-order valence-corrected chi connectivity index (χ2v) is 19.5. The summed E-state index contributed by atoms with van der Waals surface area (Å²) in [7, 11) is -3.77. The van der Waals surface area contributed by atoms with Crippen molar-refractivity contribution in [3.63, 3.8) is 0 Å². The fraction of sp³-hybridized carbons (Fsp3) is 0.889. The lowest BCUT2D eigenvalue weighted by Crippen LogP contribution is -2.53. The van der Waals surface area contributed by atoms with Crippen molar-refractivity contribution in [1.29, 1.82) is 0 Å². The third kappa shape index (κ3) is 5.26. The predicted molar refractivity (Wildman–Crippen MR) is 104 cm³/mol. The molecule has 136 valence electrons. The van der Waals surface area contributed by atoms with E-state index in [0.717, 1.165) is 0 Å². The van der Waals surface area contributed by atoms with Crippen molar-refractivity contribution >= 4 is 16.6 Å². The first-order valence-electron chi connectivity index (χ1n) is 8.79. The molecule has 1 rings (SSSR count). The molecule has 0 aliphatic heterocycles. The van der Waals surface area contributed by atoms with Gasteiger partial charge in [-0.25, -0.2) is 0 Å². The third-order valence-corrected chi connectivity index (χ3v) is 14.8. The minimum Gasteiger partial charge on any atom is -0.411 e. The Labute approximate surface area is 145 Å². The summed E-state index contributed by atoms with van der Waals surface area (Å²) in [5.74, 6) is 0. The van der Waals surface area contributed by atoms with Crippen LogP contribution in [0.2, 0.25) is 36.3 Å². The van der Waals surface area contributed by atoms with Gasteiger partial charge in [0.2, 0.25) is 0 Å². The van der Waals surface area contributed by atoms with Crippen molar-refractivity contribution in [1.82, 2.24) is 0 Å². The number of aliphatic hydroxyl groups is 1. The lowest BCUT2D eigenvalue weighted by atomic mass is 10.00. The van der Waals surface area contributed by atoms with E-state index in [1.807, 2.05) is 12.2 Å². The molecule has 0 aromatic rings. The lowest BCUT2D eigenvalue weighted by Gasteiger charge is -2.45. The number of aliphatic hydroxyl groups excluding tert-OH is 1. The van der Waals surface area contributed by atoms with Crippen molar-refractivity contribution in [3.05, 3.63) is 12.2 Å². The van der Waals surface area contributed by atoms with Crippen molar-refractivity contribution in [2.45, 2.75) is 103 Å². The fourth-order valence-electron chi connectivity index (χ4n) is 2.11. The maximum absolute atomic E-state index is 10.1. The molecule has 23 heavy (non-hydrogen) atoms. The molecule has 3 nitrogen and oxygen atoms in total. The molecule has 1 aliphatic carbocycles. The minimum atomic E-state index is -1.89. The maximum Gasteiger partial charge on any atom is 0.193 e. The lowest BCUT2D eigenvalue weighted by molar-refractivity contribution is 0.0232. The van der Waals surface area contributed by atoms with Gasteiger partial charge in [0.25, 0.3) is 0 Å². The molecule has 1 aliphatic rings. The fourth-order valence-corrected chi connectivity index (χ4v) is 4.72. The topological polar surface area (TPSA) is 38.7 Å². The molecule has 0 spiro atoms. The van der Waals surface area contributed by atoms with Gasteiger partial charge in [-0.15, -0.1) is 0 Å². The number of hydrogen-bond acceptors (Lipinski definition) is 3. The molecule has 0 heterocycles. The van der Waals surface area contributed by atoms with Gasteiger partial charge in [0.15, 0.2) is 16.6 Å². The zero-order valence-electron chi connectivity index (χ0n) is 16.9. The summed E-state index contributed by atoms with van der Waals surface area (Å²) in [6, 6.07) is 0. The number of hydrogen-bond donors (Lipinski definition) is 1. The SMILES string of the molecule is CC(C)(C)[Si](C)(C)O[C@H]1C=C[C@@H](O)C[C@H]1O[Si](C)(C)C(C)(C)C. The predicted octanol–water partition coefficient (Wildman–Crippen LogP) is 5.09. The van der Waals surface area contributed by atoms with Gasteiger partial charge in [-0.1, -0.05) is 53.7 Å². The van der Waals surface area contributed by atoms with Crippen LogP contribution in [0.5, 0.6) is 0 Å². The highest BCUT2D eigenvalue weighted by molar-refractivity contribution is 6.74. The normalized spacial score (nSPS) is 27.3. The van der Waals surface area contributed by atoms with Crippen LogP contribution in [-0.4, -0.2) is 40.1 Å². The molecule has 0 radical (unpaired) electrons. The van der Waals surface area contributed by atoms with Crippen molar-refractivity contribution in [3.8, 4) is 0 Å². The highest BCUT2D eigenvalue weighted by Crippen LogP contribution is 2.41. The first-order valence-corrected chi connectivity index (χ1v) is 14.6. The van der Waals surface area contributed by atoms with Gasteiger partial charge in [0, 0.05) is 6.42 Å². The van der Waals surface area contributed by atoms with E-state index in [4.69, 9.17) is 8.85 Å². The Morgan fingerprint density at radius 3 is 1.70 bits per heavy atom. The van der Waals surface area contributed by atoms with Gasteiger partial charge in [-0.2, -0.15) is 0 Å². The van der Waals surface area contributed by atoms with Crippen molar-refractivity contribution < 1.29 is 14.0 Å². The second kappa shape index (κ2) is 6.75. The molecule has 1 N–H and O–H groups in total. The molecule has 0 saturated heterocycles. The van der Waals surface area contributed by atoms with Gasteiger partial charge in [0.05, 0.1) is 18.3 Å². The highest BCUT2D eigenvalue weighted by atomic mass is 28.4. The van der Waals surface area contributed by atoms with Gasteiger partial charge in [-0.05, 0) is 36.3 Å². The first-order chi connectivity index (χ1) is 10.1. The van der Waals surface area contributed by atoms with Crippen LogP contribution in [0.1, 0.15) is 48.0 Å². The van der Waals surface area contributed by atoms with Crippen LogP contribution in [0.3, 0.4) is 0 Å². The Morgan fingerprint density at radius 1 is 0.826 bits per heavy atom. The molecule has 0 aromatic carbocycles. The highest BCUT2D eigenvalue weighted by Gasteiger charge is 2.45. The van der Waals surface area contributed by atoms with Gasteiger partial charge in [0.1, 0.15) is 0 Å². The van der Waals surface area contributed by atoms with Crippen LogP contribution in [0.25, 0.3) is 0 Å². The average molecular weight is 359 g/mol. The Hall–Kier alpha value is 0.0538. The van der Waals surface area contributed by atoms with E-state index in [-0.39, 0.29) is 22.3 Å². The molecule has 3 atom stereocenters. The Kier molecular flexibility index (Phi) is 6.19. The standard InChI is InChI=1S/C18H38O3Si2/c1-17(2,3)22(7,8)20-15-12-11-14(19)13-16(15)21-23(9,10)18(4,5)6/h11-12,14-16,19H,13H2,1-10H3/t14-,15+,16-/m1/s1. The van der Waals surface area contributed by atoms with E-state index in [1.165, 1.54) is 0 Å². The zero-order chi connectivity index (χ0) is 18.3. The Bertz CT molecular complexity index is 431. The van der Waals surface area contributed by atoms with Crippen LogP contribution in [0.4, 0.5) is 0 Å². The molecule has 0 unspecified atom stereocenters. The van der Waals surface area contributed by atoms with Gasteiger partial charge < -0.3 is 14.0 Å². The van der Waals surface area contributed by atoms with E-state index in [1.54, 1.807) is 0 Å². The van der Waals surface area contributed by atoms with Crippen molar-refractivity contribution in [2.75, 3.05) is 0 Å². The molecule has 0 amide bonds. The van der Waals surface area contributed by atoms with Crippen LogP contribution >= 0.6 is 0 Å². The number of rotatable bonds is 4. The second-order valence-electron chi connectivity index (χ2n) is 9.95. The molecule has 0 fully saturated rings. The summed E-state index contributed by atoms with van der Waals surface area (Å²) < 4.78 is 13.2. The van der Waals surface area contributed by atoms with Crippen molar-refractivity contribution in [2.24, 2.45) is 0 Å². The molecule has 0 saturated carbocycles. The van der Waals surface area contributed by atoms with Crippen LogP contribution < -0.4 is 0 Å². The smallest absolute Gasteiger partial charge is 0.193 e. The summed E-state index contributed by atoms with van der Waals surface area (Å²) in [5, 5.41) is 10.4. The summed E-state index contributed by atoms with van der Waals surface area (Å²) >= 11 is 0. The van der Waals surface area contributed by atoms with E-state index >= 15 is 0 Å². The molecule has 5 heteroatoms. The zero-order valence-corrected chi connectivity index (χ0v) is 18.9. The Balaban J connectivity index is 2.98. The van der Waals surface area contributed by atoms with Gasteiger partial charge in [-0.3, -0.25) is 0 Å².